The van der Waals surface area contributed by atoms with E-state index >= 15 is 0 Å². The Morgan fingerprint density at radius 1 is 1.15 bits per heavy atom. The summed E-state index contributed by atoms with van der Waals surface area (Å²) in [6.07, 6.45) is 0.395. The predicted molar refractivity (Wildman–Crippen MR) is 102 cm³/mol. The third kappa shape index (κ3) is 4.11. The number of benzene rings is 2. The Bertz CT molecular complexity index is 862. The van der Waals surface area contributed by atoms with Crippen LogP contribution in [0.4, 0.5) is 10.5 Å². The Morgan fingerprint density at radius 3 is 2.54 bits per heavy atom. The standard InChI is InChI=1S/C18H19ClN2O4S/c19-14-5-7-15(8-6-14)21-17(13-3-1-4-16(22)11-13)12-20(18(21)23)9-2-10-26(24)25/h1,3-8,11,17,22,26H,2,9-10,12H2. The minimum Gasteiger partial charge on any atom is -0.508 e. The molecule has 2 aromatic rings. The van der Waals surface area contributed by atoms with Crippen LogP contribution in [0.5, 0.6) is 5.75 Å². The maximum absolute atomic E-state index is 12.9. The molecule has 1 fully saturated rings. The third-order valence-electron chi connectivity index (χ3n) is 4.31. The van der Waals surface area contributed by atoms with Crippen molar-refractivity contribution >= 4 is 34.0 Å². The fourth-order valence-corrected chi connectivity index (χ4v) is 3.64. The van der Waals surface area contributed by atoms with E-state index in [4.69, 9.17) is 11.6 Å². The monoisotopic (exact) mass is 394 g/mol. The molecule has 0 spiro atoms. The summed E-state index contributed by atoms with van der Waals surface area (Å²) in [6.45, 7) is 0.780. The molecule has 0 radical (unpaired) electrons. The Kier molecular flexibility index (Phi) is 5.68. The topological polar surface area (TPSA) is 77.9 Å². The highest BCUT2D eigenvalue weighted by atomic mass is 35.5. The summed E-state index contributed by atoms with van der Waals surface area (Å²) in [4.78, 5) is 16.2. The molecule has 2 amide bonds. The number of urea groups is 1. The number of rotatable bonds is 6. The number of carbonyl (C=O) groups is 1. The van der Waals surface area contributed by atoms with E-state index in [1.165, 1.54) is 0 Å². The molecular formula is C18H19ClN2O4S. The number of anilines is 1. The van der Waals surface area contributed by atoms with Gasteiger partial charge >= 0.3 is 6.03 Å². The average Bonchev–Trinajstić information content (AvgIpc) is 2.92. The van der Waals surface area contributed by atoms with Gasteiger partial charge in [0.1, 0.15) is 16.5 Å². The second-order valence-electron chi connectivity index (χ2n) is 6.10. The van der Waals surface area contributed by atoms with E-state index in [1.807, 2.05) is 6.07 Å². The molecule has 1 unspecified atom stereocenters. The van der Waals surface area contributed by atoms with Crippen LogP contribution in [0.3, 0.4) is 0 Å². The number of carbonyl (C=O) groups excluding carboxylic acids is 1. The molecule has 0 aliphatic carbocycles. The molecule has 1 aliphatic heterocycles. The predicted octanol–water partition coefficient (Wildman–Crippen LogP) is 3.03. The van der Waals surface area contributed by atoms with Gasteiger partial charge in [-0.15, -0.1) is 0 Å². The van der Waals surface area contributed by atoms with Gasteiger partial charge in [0.15, 0.2) is 0 Å². The Labute approximate surface area is 158 Å². The number of nitrogens with zero attached hydrogens (tertiary/aromatic N) is 2. The van der Waals surface area contributed by atoms with Crippen molar-refractivity contribution in [3.05, 3.63) is 59.1 Å². The van der Waals surface area contributed by atoms with Crippen LogP contribution in [-0.2, 0) is 10.7 Å². The molecule has 3 rings (SSSR count). The SMILES string of the molecule is O=C1N(CCC[SH](=O)=O)CC(c2cccc(O)c2)N1c1ccc(Cl)cc1. The van der Waals surface area contributed by atoms with Crippen LogP contribution < -0.4 is 4.90 Å². The summed E-state index contributed by atoms with van der Waals surface area (Å²) in [5, 5.41) is 10.4. The highest BCUT2D eigenvalue weighted by Crippen LogP contribution is 2.35. The van der Waals surface area contributed by atoms with Gasteiger partial charge in [-0.05, 0) is 48.4 Å². The van der Waals surface area contributed by atoms with Gasteiger partial charge < -0.3 is 10.0 Å². The normalized spacial score (nSPS) is 17.3. The molecule has 6 nitrogen and oxygen atoms in total. The summed E-state index contributed by atoms with van der Waals surface area (Å²) in [5.41, 5.74) is 1.51. The van der Waals surface area contributed by atoms with E-state index in [2.05, 4.69) is 0 Å². The van der Waals surface area contributed by atoms with Gasteiger partial charge in [0.2, 0.25) is 0 Å². The lowest BCUT2D eigenvalue weighted by Crippen LogP contribution is -2.33. The second-order valence-corrected chi connectivity index (χ2v) is 7.64. The number of aromatic hydroxyl groups is 1. The van der Waals surface area contributed by atoms with Gasteiger partial charge in [0.25, 0.3) is 0 Å². The number of thiol groups is 1. The number of halogens is 1. The molecule has 1 heterocycles. The molecule has 1 atom stereocenters. The molecule has 26 heavy (non-hydrogen) atoms. The van der Waals surface area contributed by atoms with Crippen molar-refractivity contribution in [2.45, 2.75) is 12.5 Å². The molecule has 1 aliphatic rings. The first-order valence-corrected chi connectivity index (χ1v) is 9.94. The highest BCUT2D eigenvalue weighted by Gasteiger charge is 2.38. The minimum absolute atomic E-state index is 0.0524. The van der Waals surface area contributed by atoms with Gasteiger partial charge in [-0.2, -0.15) is 0 Å². The van der Waals surface area contributed by atoms with Crippen LogP contribution in [0.2, 0.25) is 5.02 Å². The minimum atomic E-state index is -2.45. The molecule has 0 aromatic heterocycles. The lowest BCUT2D eigenvalue weighted by atomic mass is 10.1. The second kappa shape index (κ2) is 7.97. The van der Waals surface area contributed by atoms with Crippen molar-refractivity contribution in [1.82, 2.24) is 4.90 Å². The van der Waals surface area contributed by atoms with Crippen LogP contribution >= 0.6 is 11.6 Å². The number of hydrogen-bond donors (Lipinski definition) is 2. The van der Waals surface area contributed by atoms with Crippen molar-refractivity contribution in [2.75, 3.05) is 23.7 Å². The van der Waals surface area contributed by atoms with E-state index in [-0.39, 0.29) is 23.6 Å². The van der Waals surface area contributed by atoms with Crippen molar-refractivity contribution in [1.29, 1.82) is 0 Å². The lowest BCUT2D eigenvalue weighted by Gasteiger charge is -2.24. The zero-order chi connectivity index (χ0) is 18.7. The Hall–Kier alpha value is -2.25. The van der Waals surface area contributed by atoms with E-state index in [9.17, 15) is 18.3 Å². The molecule has 0 bridgehead atoms. The van der Waals surface area contributed by atoms with Crippen LogP contribution in [-0.4, -0.2) is 43.3 Å². The van der Waals surface area contributed by atoms with Crippen LogP contribution in [0, 0.1) is 0 Å². The van der Waals surface area contributed by atoms with Crippen LogP contribution in [0.15, 0.2) is 48.5 Å². The summed E-state index contributed by atoms with van der Waals surface area (Å²) in [6, 6.07) is 13.3. The lowest BCUT2D eigenvalue weighted by molar-refractivity contribution is 0.220. The van der Waals surface area contributed by atoms with E-state index in [0.717, 1.165) is 5.56 Å². The fourth-order valence-electron chi connectivity index (χ4n) is 3.11. The number of phenols is 1. The zero-order valence-corrected chi connectivity index (χ0v) is 15.6. The van der Waals surface area contributed by atoms with Crippen molar-refractivity contribution < 1.29 is 18.3 Å². The number of hydrogen-bond acceptors (Lipinski definition) is 4. The summed E-state index contributed by atoms with van der Waals surface area (Å²) in [5.74, 6) is 0.185. The number of phenolic OH excluding ortho intramolecular Hbond substituents is 1. The van der Waals surface area contributed by atoms with E-state index in [0.29, 0.717) is 30.2 Å². The largest absolute Gasteiger partial charge is 0.508 e. The van der Waals surface area contributed by atoms with Crippen molar-refractivity contribution in [3.8, 4) is 5.75 Å². The quantitative estimate of drug-likeness (QED) is 0.738. The smallest absolute Gasteiger partial charge is 0.325 e. The van der Waals surface area contributed by atoms with Crippen molar-refractivity contribution in [2.24, 2.45) is 0 Å². The van der Waals surface area contributed by atoms with Gasteiger partial charge in [0.05, 0.1) is 6.04 Å². The van der Waals surface area contributed by atoms with Gasteiger partial charge in [-0.25, -0.2) is 13.2 Å². The molecule has 8 heteroatoms. The van der Waals surface area contributed by atoms with Crippen LogP contribution in [0.25, 0.3) is 0 Å². The Balaban J connectivity index is 1.90. The van der Waals surface area contributed by atoms with Crippen molar-refractivity contribution in [3.63, 3.8) is 0 Å². The summed E-state index contributed by atoms with van der Waals surface area (Å²) in [7, 11) is -2.45. The molecule has 2 aromatic carbocycles. The Morgan fingerprint density at radius 2 is 1.88 bits per heavy atom. The maximum Gasteiger partial charge on any atom is 0.325 e. The van der Waals surface area contributed by atoms with Gasteiger partial charge in [0, 0.05) is 29.6 Å². The first-order chi connectivity index (χ1) is 12.5. The van der Waals surface area contributed by atoms with E-state index in [1.54, 1.807) is 52.3 Å². The fraction of sp³-hybridized carbons (Fsp3) is 0.278. The molecule has 1 saturated heterocycles. The molecule has 1 N–H and O–H groups in total. The molecule has 0 saturated carbocycles. The number of amides is 2. The first kappa shape index (κ1) is 18.5. The van der Waals surface area contributed by atoms with Crippen LogP contribution in [0.1, 0.15) is 18.0 Å². The third-order valence-corrected chi connectivity index (χ3v) is 5.24. The average molecular weight is 395 g/mol. The highest BCUT2D eigenvalue weighted by molar-refractivity contribution is 7.72. The van der Waals surface area contributed by atoms with Gasteiger partial charge in [-0.3, -0.25) is 4.90 Å². The molecular weight excluding hydrogens is 376 g/mol. The summed E-state index contributed by atoms with van der Waals surface area (Å²) < 4.78 is 21.6. The zero-order valence-electron chi connectivity index (χ0n) is 13.9. The maximum atomic E-state index is 12.9. The summed E-state index contributed by atoms with van der Waals surface area (Å²) >= 11 is 5.95. The van der Waals surface area contributed by atoms with E-state index < -0.39 is 10.7 Å². The van der Waals surface area contributed by atoms with Gasteiger partial charge in [-0.1, -0.05) is 23.7 Å². The molecule has 138 valence electrons. The first-order valence-electron chi connectivity index (χ1n) is 8.20.